The third-order valence-corrected chi connectivity index (χ3v) is 4.04. The van der Waals surface area contributed by atoms with E-state index >= 15 is 0 Å². The van der Waals surface area contributed by atoms with Crippen LogP contribution in [0.1, 0.15) is 11.4 Å². The van der Waals surface area contributed by atoms with Crippen molar-refractivity contribution in [2.24, 2.45) is 7.05 Å². The molecule has 0 radical (unpaired) electrons. The quantitative estimate of drug-likeness (QED) is 0.705. The van der Waals surface area contributed by atoms with E-state index in [4.69, 9.17) is 0 Å². The summed E-state index contributed by atoms with van der Waals surface area (Å²) in [5, 5.41) is 8.15. The van der Waals surface area contributed by atoms with E-state index in [1.807, 2.05) is 25.2 Å². The van der Waals surface area contributed by atoms with Crippen LogP contribution in [0.2, 0.25) is 0 Å². The Bertz CT molecular complexity index is 728. The van der Waals surface area contributed by atoms with E-state index in [1.54, 1.807) is 28.8 Å². The number of thioether (sulfide) groups is 1. The number of benzene rings is 1. The Morgan fingerprint density at radius 1 is 1.18 bits per heavy atom. The van der Waals surface area contributed by atoms with E-state index in [0.29, 0.717) is 6.54 Å². The van der Waals surface area contributed by atoms with Crippen molar-refractivity contribution in [2.75, 3.05) is 5.32 Å². The number of aryl methyl sites for hydroxylation is 1. The monoisotopic (exact) mass is 312 g/mol. The smallest absolute Gasteiger partial charge is 0.146 e. The Morgan fingerprint density at radius 3 is 2.82 bits per heavy atom. The molecule has 0 spiro atoms. The minimum absolute atomic E-state index is 0.567. The van der Waals surface area contributed by atoms with Crippen molar-refractivity contribution in [1.29, 1.82) is 0 Å². The Hall–Kier alpha value is -2.41. The average Bonchev–Trinajstić information content (AvgIpc) is 2.98. The van der Waals surface area contributed by atoms with Crippen molar-refractivity contribution in [2.45, 2.75) is 17.3 Å². The number of rotatable bonds is 6. The van der Waals surface area contributed by atoms with E-state index in [1.165, 1.54) is 11.9 Å². The van der Waals surface area contributed by atoms with Gasteiger partial charge < -0.3 is 5.32 Å². The van der Waals surface area contributed by atoms with Crippen molar-refractivity contribution < 1.29 is 0 Å². The third kappa shape index (κ3) is 3.82. The maximum atomic E-state index is 4.55. The summed E-state index contributed by atoms with van der Waals surface area (Å²) in [6, 6.07) is 10.3. The lowest BCUT2D eigenvalue weighted by Gasteiger charge is -2.06. The first-order valence-electron chi connectivity index (χ1n) is 6.87. The molecular formula is C15H16N6S. The van der Waals surface area contributed by atoms with Crippen LogP contribution in [0, 0.1) is 0 Å². The molecular weight excluding hydrogens is 296 g/mol. The first kappa shape index (κ1) is 14.5. The zero-order valence-corrected chi connectivity index (χ0v) is 13.0. The fourth-order valence-electron chi connectivity index (χ4n) is 1.88. The van der Waals surface area contributed by atoms with Gasteiger partial charge >= 0.3 is 0 Å². The molecule has 0 saturated carbocycles. The van der Waals surface area contributed by atoms with Crippen LogP contribution in [0.15, 0.2) is 54.1 Å². The second kappa shape index (κ2) is 7.04. The van der Waals surface area contributed by atoms with Gasteiger partial charge in [-0.05, 0) is 5.56 Å². The Balaban J connectivity index is 1.59. The summed E-state index contributed by atoms with van der Waals surface area (Å²) in [6.45, 7) is 0.567. The zero-order chi connectivity index (χ0) is 15.2. The van der Waals surface area contributed by atoms with E-state index in [-0.39, 0.29) is 0 Å². The lowest BCUT2D eigenvalue weighted by atomic mass is 10.2. The van der Waals surface area contributed by atoms with Gasteiger partial charge in [0.2, 0.25) is 0 Å². The topological polar surface area (TPSA) is 68.5 Å². The van der Waals surface area contributed by atoms with Gasteiger partial charge in [0, 0.05) is 12.8 Å². The largest absolute Gasteiger partial charge is 0.361 e. The van der Waals surface area contributed by atoms with Gasteiger partial charge in [0.1, 0.15) is 23.0 Å². The fraction of sp³-hybridized carbons (Fsp3) is 0.200. The van der Waals surface area contributed by atoms with Crippen LogP contribution < -0.4 is 5.32 Å². The van der Waals surface area contributed by atoms with Crippen LogP contribution in [0.4, 0.5) is 5.82 Å². The molecule has 22 heavy (non-hydrogen) atoms. The molecule has 0 bridgehead atoms. The first-order chi connectivity index (χ1) is 10.8. The molecule has 0 aliphatic carbocycles. The maximum Gasteiger partial charge on any atom is 0.146 e. The molecule has 3 aromatic rings. The van der Waals surface area contributed by atoms with Gasteiger partial charge in [0.05, 0.1) is 18.9 Å². The van der Waals surface area contributed by atoms with Gasteiger partial charge in [-0.2, -0.15) is 5.10 Å². The summed E-state index contributed by atoms with van der Waals surface area (Å²) in [5.41, 5.74) is 1.27. The molecule has 0 fully saturated rings. The standard InChI is InChI=1S/C15H16N6S/c1-21-14(18-11-19-21)8-17-13-7-16-9-15(20-13)22-10-12-5-3-2-4-6-12/h2-7,9,11H,8,10H2,1H3,(H,17,20). The van der Waals surface area contributed by atoms with Gasteiger partial charge in [-0.3, -0.25) is 9.67 Å². The highest BCUT2D eigenvalue weighted by Crippen LogP contribution is 2.21. The number of hydrogen-bond acceptors (Lipinski definition) is 6. The summed E-state index contributed by atoms with van der Waals surface area (Å²) >= 11 is 1.67. The number of hydrogen-bond donors (Lipinski definition) is 1. The first-order valence-corrected chi connectivity index (χ1v) is 7.85. The summed E-state index contributed by atoms with van der Waals surface area (Å²) < 4.78 is 1.73. The van der Waals surface area contributed by atoms with E-state index in [9.17, 15) is 0 Å². The van der Waals surface area contributed by atoms with Gasteiger partial charge in [-0.1, -0.05) is 30.3 Å². The molecule has 2 heterocycles. The van der Waals surface area contributed by atoms with Crippen LogP contribution >= 0.6 is 11.8 Å². The van der Waals surface area contributed by atoms with Gasteiger partial charge in [-0.25, -0.2) is 9.97 Å². The molecule has 2 aromatic heterocycles. The molecule has 1 aromatic carbocycles. The molecule has 1 N–H and O–H groups in total. The molecule has 112 valence electrons. The number of nitrogens with zero attached hydrogens (tertiary/aromatic N) is 5. The summed E-state index contributed by atoms with van der Waals surface area (Å²) in [6.07, 6.45) is 5.03. The molecule has 0 aliphatic heterocycles. The van der Waals surface area contributed by atoms with Crippen LogP contribution in [0.3, 0.4) is 0 Å². The molecule has 6 nitrogen and oxygen atoms in total. The van der Waals surface area contributed by atoms with Crippen molar-refractivity contribution in [3.8, 4) is 0 Å². The average molecular weight is 312 g/mol. The van der Waals surface area contributed by atoms with E-state index < -0.39 is 0 Å². The maximum absolute atomic E-state index is 4.55. The predicted octanol–water partition coefficient (Wildman–Crippen LogP) is 2.51. The third-order valence-electron chi connectivity index (χ3n) is 3.07. The summed E-state index contributed by atoms with van der Waals surface area (Å²) in [4.78, 5) is 12.9. The lowest BCUT2D eigenvalue weighted by molar-refractivity contribution is 0.711. The Labute approximate surface area is 133 Å². The molecule has 0 amide bonds. The molecule has 7 heteroatoms. The minimum atomic E-state index is 0.567. The summed E-state index contributed by atoms with van der Waals surface area (Å²) in [7, 11) is 1.86. The molecule has 0 saturated heterocycles. The highest BCUT2D eigenvalue weighted by molar-refractivity contribution is 7.98. The van der Waals surface area contributed by atoms with Gasteiger partial charge in [-0.15, -0.1) is 11.8 Å². The normalized spacial score (nSPS) is 10.6. The lowest BCUT2D eigenvalue weighted by Crippen LogP contribution is -2.08. The van der Waals surface area contributed by atoms with Crippen molar-refractivity contribution in [3.05, 3.63) is 60.4 Å². The van der Waals surface area contributed by atoms with E-state index in [0.717, 1.165) is 22.4 Å². The van der Waals surface area contributed by atoms with Crippen LogP contribution in [-0.4, -0.2) is 24.7 Å². The second-order valence-corrected chi connectivity index (χ2v) is 5.67. The van der Waals surface area contributed by atoms with Crippen molar-refractivity contribution in [3.63, 3.8) is 0 Å². The fourth-order valence-corrected chi connectivity index (χ4v) is 2.69. The molecule has 0 atom stereocenters. The molecule has 0 aliphatic rings. The Morgan fingerprint density at radius 2 is 2.05 bits per heavy atom. The van der Waals surface area contributed by atoms with Crippen LogP contribution in [0.25, 0.3) is 0 Å². The van der Waals surface area contributed by atoms with Crippen molar-refractivity contribution >= 4 is 17.6 Å². The predicted molar refractivity (Wildman–Crippen MR) is 86.4 cm³/mol. The zero-order valence-electron chi connectivity index (χ0n) is 12.2. The van der Waals surface area contributed by atoms with Gasteiger partial charge in [0.15, 0.2) is 0 Å². The van der Waals surface area contributed by atoms with Crippen LogP contribution in [-0.2, 0) is 19.3 Å². The second-order valence-electron chi connectivity index (χ2n) is 4.67. The SMILES string of the molecule is Cn1ncnc1CNc1cncc(SCc2ccccc2)n1. The highest BCUT2D eigenvalue weighted by Gasteiger charge is 2.03. The summed E-state index contributed by atoms with van der Waals surface area (Å²) in [5.74, 6) is 2.47. The van der Waals surface area contributed by atoms with Crippen molar-refractivity contribution in [1.82, 2.24) is 24.7 Å². The number of anilines is 1. The van der Waals surface area contributed by atoms with Gasteiger partial charge in [0.25, 0.3) is 0 Å². The number of aromatic nitrogens is 5. The van der Waals surface area contributed by atoms with Crippen LogP contribution in [0.5, 0.6) is 0 Å². The molecule has 0 unspecified atom stereocenters. The highest BCUT2D eigenvalue weighted by atomic mass is 32.2. The Kier molecular flexibility index (Phi) is 4.65. The molecule has 3 rings (SSSR count). The number of nitrogens with one attached hydrogen (secondary N) is 1. The minimum Gasteiger partial charge on any atom is -0.361 e. The van der Waals surface area contributed by atoms with E-state index in [2.05, 4.69) is 37.5 Å².